The number of carbonyl (C=O) groups is 1. The fraction of sp³-hybridized carbons (Fsp3) is 0.333. The average molecular weight is 227 g/mol. The third kappa shape index (κ3) is 4.27. The summed E-state index contributed by atoms with van der Waals surface area (Å²) in [4.78, 5) is 14.0. The van der Waals surface area contributed by atoms with Gasteiger partial charge in [0.2, 0.25) is 0 Å². The quantitative estimate of drug-likeness (QED) is 0.768. The third-order valence-electron chi connectivity index (χ3n) is 1.16. The summed E-state index contributed by atoms with van der Waals surface area (Å²) in [6, 6.07) is 0. The summed E-state index contributed by atoms with van der Waals surface area (Å²) in [5.74, 6) is -0.534. The summed E-state index contributed by atoms with van der Waals surface area (Å²) in [6.45, 7) is 0.558. The molecule has 1 rings (SSSR count). The van der Waals surface area contributed by atoms with Gasteiger partial charge in [-0.05, 0) is 0 Å². The first-order chi connectivity index (χ1) is 4.79. The van der Waals surface area contributed by atoms with Crippen molar-refractivity contribution < 1.29 is 37.5 Å². The van der Waals surface area contributed by atoms with Gasteiger partial charge in [0.15, 0.2) is 0 Å². The van der Waals surface area contributed by atoms with E-state index in [0.29, 0.717) is 6.54 Å². The zero-order valence-corrected chi connectivity index (χ0v) is 8.86. The Morgan fingerprint density at radius 3 is 2.82 bits per heavy atom. The van der Waals surface area contributed by atoms with Gasteiger partial charge in [-0.2, -0.15) is 0 Å². The zero-order valence-electron chi connectivity index (χ0n) is 6.03. The van der Waals surface area contributed by atoms with Gasteiger partial charge in [0.25, 0.3) is 0 Å². The van der Waals surface area contributed by atoms with Crippen LogP contribution in [0.2, 0.25) is 0 Å². The van der Waals surface area contributed by atoms with E-state index in [1.54, 1.807) is 23.3 Å². The number of imidazole rings is 1. The minimum Gasteiger partial charge on any atom is -0.668 e. The van der Waals surface area contributed by atoms with E-state index in [0.717, 1.165) is 0 Å². The zero-order chi connectivity index (χ0) is 7.40. The Kier molecular flexibility index (Phi) is 5.33. The van der Waals surface area contributed by atoms with Crippen molar-refractivity contribution in [2.45, 2.75) is 13.0 Å². The molecule has 0 spiro atoms. The van der Waals surface area contributed by atoms with Crippen molar-refractivity contribution in [2.75, 3.05) is 0 Å². The van der Waals surface area contributed by atoms with E-state index in [4.69, 9.17) is 5.73 Å². The van der Waals surface area contributed by atoms with Gasteiger partial charge in [-0.1, -0.05) is 0 Å². The van der Waals surface area contributed by atoms with Crippen LogP contribution < -0.4 is 0 Å². The standard InChI is InChI=1S/C6H9N3O.Y/c7-6(10)1-3-9-4-2-8-5-9;/h2,4-5H,1,3H2,(H2,7,10);/p-1. The molecule has 0 aliphatic carbocycles. The predicted octanol–water partition coefficient (Wildman–Crippen LogP) is 0.849. The molecule has 11 heavy (non-hydrogen) atoms. The Morgan fingerprint density at radius 1 is 1.64 bits per heavy atom. The van der Waals surface area contributed by atoms with Gasteiger partial charge in [0.1, 0.15) is 0 Å². The van der Waals surface area contributed by atoms with Gasteiger partial charge < -0.3 is 15.1 Å². The van der Waals surface area contributed by atoms with Crippen molar-refractivity contribution in [3.8, 4) is 0 Å². The third-order valence-corrected chi connectivity index (χ3v) is 1.16. The van der Waals surface area contributed by atoms with Gasteiger partial charge >= 0.3 is 0 Å². The first-order valence-corrected chi connectivity index (χ1v) is 2.99. The van der Waals surface area contributed by atoms with Crippen LogP contribution in [-0.4, -0.2) is 15.5 Å². The maximum absolute atomic E-state index is 10.2. The summed E-state index contributed by atoms with van der Waals surface area (Å²) >= 11 is 0. The SMILES string of the molecule is [NH-]C(=O)CCn1ccnc1.[Y]. The van der Waals surface area contributed by atoms with E-state index >= 15 is 0 Å². The van der Waals surface area contributed by atoms with Gasteiger partial charge in [-0.3, -0.25) is 0 Å². The van der Waals surface area contributed by atoms with Gasteiger partial charge in [0, 0.05) is 58.1 Å². The number of nitrogens with zero attached hydrogens (tertiary/aromatic N) is 2. The van der Waals surface area contributed by atoms with Gasteiger partial charge in [-0.25, -0.2) is 4.98 Å². The Labute approximate surface area is 90.1 Å². The van der Waals surface area contributed by atoms with Crippen LogP contribution in [0.15, 0.2) is 18.7 Å². The second-order valence-electron chi connectivity index (χ2n) is 1.97. The summed E-state index contributed by atoms with van der Waals surface area (Å²) in [7, 11) is 0. The molecule has 5 heteroatoms. The topological polar surface area (TPSA) is 58.7 Å². The minimum atomic E-state index is -0.534. The van der Waals surface area contributed by atoms with Gasteiger partial charge in [-0.15, -0.1) is 0 Å². The van der Waals surface area contributed by atoms with Crippen LogP contribution in [0.4, 0.5) is 0 Å². The first-order valence-electron chi connectivity index (χ1n) is 2.99. The van der Waals surface area contributed by atoms with E-state index in [2.05, 4.69) is 4.98 Å². The van der Waals surface area contributed by atoms with Crippen LogP contribution in [-0.2, 0) is 44.0 Å². The number of amides is 1. The van der Waals surface area contributed by atoms with Crippen molar-refractivity contribution >= 4 is 5.91 Å². The van der Waals surface area contributed by atoms with Crippen LogP contribution in [0.3, 0.4) is 0 Å². The Balaban J connectivity index is 0.000001000. The molecule has 1 N–H and O–H groups in total. The molecular formula is C6H8N3OY-. The number of carbonyl (C=O) groups excluding carboxylic acids is 1. The fourth-order valence-electron chi connectivity index (χ4n) is 0.650. The molecule has 0 saturated heterocycles. The molecule has 4 nitrogen and oxygen atoms in total. The van der Waals surface area contributed by atoms with Crippen molar-refractivity contribution in [3.05, 3.63) is 24.5 Å². The monoisotopic (exact) mass is 227 g/mol. The number of hydrogen-bond acceptors (Lipinski definition) is 2. The van der Waals surface area contributed by atoms with Crippen molar-refractivity contribution in [1.29, 1.82) is 0 Å². The molecule has 0 atom stereocenters. The summed E-state index contributed by atoms with van der Waals surface area (Å²) < 4.78 is 1.77. The maximum atomic E-state index is 10.2. The van der Waals surface area contributed by atoms with E-state index < -0.39 is 5.91 Å². The molecule has 1 aromatic heterocycles. The molecule has 1 heterocycles. The van der Waals surface area contributed by atoms with Crippen LogP contribution >= 0.6 is 0 Å². The minimum absolute atomic E-state index is 0. The number of aryl methyl sites for hydroxylation is 1. The van der Waals surface area contributed by atoms with Gasteiger partial charge in [0.05, 0.1) is 12.2 Å². The molecule has 1 radical (unpaired) electrons. The molecule has 0 saturated carbocycles. The van der Waals surface area contributed by atoms with Crippen LogP contribution in [0.1, 0.15) is 6.42 Å². The molecule has 0 unspecified atom stereocenters. The maximum Gasteiger partial charge on any atom is 0.0946 e. The summed E-state index contributed by atoms with van der Waals surface area (Å²) in [5.41, 5.74) is 6.61. The number of nitrogens with one attached hydrogen (secondary N) is 1. The van der Waals surface area contributed by atoms with Crippen LogP contribution in [0.5, 0.6) is 0 Å². The van der Waals surface area contributed by atoms with Crippen molar-refractivity contribution in [1.82, 2.24) is 9.55 Å². The van der Waals surface area contributed by atoms with Crippen molar-refractivity contribution in [2.24, 2.45) is 0 Å². The summed E-state index contributed by atoms with van der Waals surface area (Å²) in [6.07, 6.45) is 5.30. The Hall–Kier alpha value is -0.216. The van der Waals surface area contributed by atoms with E-state index in [9.17, 15) is 4.79 Å². The molecule has 57 valence electrons. The van der Waals surface area contributed by atoms with E-state index in [-0.39, 0.29) is 39.1 Å². The molecule has 0 bridgehead atoms. The summed E-state index contributed by atoms with van der Waals surface area (Å²) in [5, 5.41) is 0. The molecule has 0 aliphatic heterocycles. The molecule has 0 fully saturated rings. The second kappa shape index (κ2) is 5.44. The number of rotatable bonds is 3. The molecule has 1 amide bonds. The normalized spacial score (nSPS) is 8.73. The molecule has 1 aromatic rings. The fourth-order valence-corrected chi connectivity index (χ4v) is 0.650. The van der Waals surface area contributed by atoms with E-state index in [1.807, 2.05) is 0 Å². The largest absolute Gasteiger partial charge is 0.668 e. The predicted molar refractivity (Wildman–Crippen MR) is 36.2 cm³/mol. The van der Waals surface area contributed by atoms with Crippen molar-refractivity contribution in [3.63, 3.8) is 0 Å². The number of hydrogen-bond donors (Lipinski definition) is 0. The number of aromatic nitrogens is 2. The van der Waals surface area contributed by atoms with Crippen LogP contribution in [0, 0.1) is 0 Å². The molecule has 0 aliphatic rings. The first kappa shape index (κ1) is 10.8. The smallest absolute Gasteiger partial charge is 0.0946 e. The Bertz CT molecular complexity index is 210. The molecular weight excluding hydrogens is 219 g/mol. The van der Waals surface area contributed by atoms with E-state index in [1.165, 1.54) is 0 Å². The molecule has 0 aromatic carbocycles. The second-order valence-corrected chi connectivity index (χ2v) is 1.97. The average Bonchev–Trinajstić information content (AvgIpc) is 2.34. The Morgan fingerprint density at radius 2 is 2.36 bits per heavy atom. The van der Waals surface area contributed by atoms with Crippen LogP contribution in [0.25, 0.3) is 5.73 Å².